The topological polar surface area (TPSA) is 43.8 Å². The molecule has 3 heteroatoms. The number of benzene rings is 1. The van der Waals surface area contributed by atoms with Crippen molar-refractivity contribution in [2.45, 2.75) is 39.0 Å². The van der Waals surface area contributed by atoms with E-state index in [4.69, 9.17) is 10.8 Å². The minimum absolute atomic E-state index is 0.808. The number of rotatable bonds is 4. The van der Waals surface area contributed by atoms with Crippen LogP contribution in [-0.2, 0) is 12.8 Å². The van der Waals surface area contributed by atoms with Crippen molar-refractivity contribution in [3.8, 4) is 5.69 Å². The smallest absolute Gasteiger partial charge is 0.130 e. The normalized spacial score (nSPS) is 15.4. The van der Waals surface area contributed by atoms with Crippen LogP contribution in [0, 0.1) is 5.92 Å². The first-order valence-corrected chi connectivity index (χ1v) is 7.21. The summed E-state index contributed by atoms with van der Waals surface area (Å²) in [5, 5.41) is 4.76. The molecule has 0 unspecified atom stereocenters. The number of nitrogen functional groups attached to an aromatic ring is 1. The number of hydrogen-bond donors (Lipinski definition) is 1. The van der Waals surface area contributed by atoms with E-state index >= 15 is 0 Å². The van der Waals surface area contributed by atoms with Gasteiger partial charge in [-0.25, -0.2) is 4.68 Å². The highest BCUT2D eigenvalue weighted by atomic mass is 15.3. The van der Waals surface area contributed by atoms with Crippen molar-refractivity contribution in [3.05, 3.63) is 41.6 Å². The van der Waals surface area contributed by atoms with Gasteiger partial charge in [0.05, 0.1) is 11.4 Å². The summed E-state index contributed by atoms with van der Waals surface area (Å²) in [4.78, 5) is 0. The zero-order valence-electron chi connectivity index (χ0n) is 11.5. The average molecular weight is 255 g/mol. The van der Waals surface area contributed by atoms with Gasteiger partial charge in [0.1, 0.15) is 5.82 Å². The summed E-state index contributed by atoms with van der Waals surface area (Å²) in [6, 6.07) is 10.2. The second kappa shape index (κ2) is 5.08. The van der Waals surface area contributed by atoms with Gasteiger partial charge in [-0.15, -0.1) is 0 Å². The number of nitrogens with zero attached hydrogens (tertiary/aromatic N) is 2. The van der Waals surface area contributed by atoms with Crippen LogP contribution in [0.5, 0.6) is 0 Å². The lowest BCUT2D eigenvalue weighted by atomic mass is 9.81. The second-order valence-corrected chi connectivity index (χ2v) is 5.41. The largest absolute Gasteiger partial charge is 0.383 e. The van der Waals surface area contributed by atoms with Crippen molar-refractivity contribution in [2.24, 2.45) is 5.92 Å². The average Bonchev–Trinajstić information content (AvgIpc) is 2.71. The minimum Gasteiger partial charge on any atom is -0.383 e. The molecule has 1 aliphatic carbocycles. The van der Waals surface area contributed by atoms with Crippen LogP contribution >= 0.6 is 0 Å². The van der Waals surface area contributed by atoms with Gasteiger partial charge >= 0.3 is 0 Å². The van der Waals surface area contributed by atoms with E-state index < -0.39 is 0 Å². The fourth-order valence-electron chi connectivity index (χ4n) is 2.80. The van der Waals surface area contributed by atoms with E-state index in [1.165, 1.54) is 30.5 Å². The van der Waals surface area contributed by atoms with E-state index in [-0.39, 0.29) is 0 Å². The van der Waals surface area contributed by atoms with Gasteiger partial charge in [0.25, 0.3) is 0 Å². The molecule has 2 aromatic rings. The molecule has 0 atom stereocenters. The highest BCUT2D eigenvalue weighted by Gasteiger charge is 2.22. The summed E-state index contributed by atoms with van der Waals surface area (Å²) in [6.45, 7) is 2.16. The summed E-state index contributed by atoms with van der Waals surface area (Å²) in [5.74, 6) is 1.63. The summed E-state index contributed by atoms with van der Waals surface area (Å²) < 4.78 is 1.90. The molecule has 3 nitrogen and oxygen atoms in total. The van der Waals surface area contributed by atoms with Crippen molar-refractivity contribution >= 4 is 5.82 Å². The van der Waals surface area contributed by atoms with Crippen LogP contribution in [0.4, 0.5) is 5.82 Å². The molecule has 1 heterocycles. The molecule has 0 bridgehead atoms. The maximum absolute atomic E-state index is 6.28. The number of anilines is 1. The molecular formula is C16H21N3. The fraction of sp³-hybridized carbons (Fsp3) is 0.438. The molecule has 19 heavy (non-hydrogen) atoms. The molecule has 1 aromatic heterocycles. The van der Waals surface area contributed by atoms with Gasteiger partial charge in [-0.1, -0.05) is 44.4 Å². The number of hydrogen-bond acceptors (Lipinski definition) is 2. The lowest BCUT2D eigenvalue weighted by molar-refractivity contribution is 0.311. The van der Waals surface area contributed by atoms with E-state index in [0.29, 0.717) is 0 Å². The molecule has 0 aliphatic heterocycles. The van der Waals surface area contributed by atoms with Crippen molar-refractivity contribution in [1.29, 1.82) is 0 Å². The van der Waals surface area contributed by atoms with Crippen LogP contribution in [0.15, 0.2) is 30.3 Å². The Balaban J connectivity index is 1.96. The maximum Gasteiger partial charge on any atom is 0.130 e. The Morgan fingerprint density at radius 1 is 1.26 bits per heavy atom. The van der Waals surface area contributed by atoms with E-state index in [9.17, 15) is 0 Å². The minimum atomic E-state index is 0.808. The molecule has 0 amide bonds. The Bertz CT molecular complexity index is 553. The summed E-state index contributed by atoms with van der Waals surface area (Å²) in [7, 11) is 0. The van der Waals surface area contributed by atoms with Gasteiger partial charge in [-0.3, -0.25) is 0 Å². The summed E-state index contributed by atoms with van der Waals surface area (Å²) >= 11 is 0. The van der Waals surface area contributed by atoms with Gasteiger partial charge in [0.15, 0.2) is 0 Å². The summed E-state index contributed by atoms with van der Waals surface area (Å²) in [6.07, 6.45) is 6.12. The third-order valence-corrected chi connectivity index (χ3v) is 4.17. The van der Waals surface area contributed by atoms with E-state index in [2.05, 4.69) is 19.1 Å². The molecule has 0 spiro atoms. The molecule has 2 N–H and O–H groups in total. The standard InChI is InChI=1S/C16H21N3/c1-2-14-15(11-12-7-6-8-12)18-19(16(14)17)13-9-4-3-5-10-13/h3-5,9-10,12H,2,6-8,11,17H2,1H3. The molecule has 100 valence electrons. The molecule has 0 radical (unpaired) electrons. The zero-order chi connectivity index (χ0) is 13.2. The Morgan fingerprint density at radius 3 is 2.58 bits per heavy atom. The van der Waals surface area contributed by atoms with Gasteiger partial charge in [-0.2, -0.15) is 5.10 Å². The fourth-order valence-corrected chi connectivity index (χ4v) is 2.80. The summed E-state index contributed by atoms with van der Waals surface area (Å²) in [5.41, 5.74) is 9.77. The Labute approximate surface area is 114 Å². The van der Waals surface area contributed by atoms with E-state index in [1.807, 2.05) is 22.9 Å². The first-order valence-electron chi connectivity index (χ1n) is 7.21. The maximum atomic E-state index is 6.28. The van der Waals surface area contributed by atoms with Crippen molar-refractivity contribution in [2.75, 3.05) is 5.73 Å². The predicted octanol–water partition coefficient (Wildman–Crippen LogP) is 3.36. The van der Waals surface area contributed by atoms with Gasteiger partial charge in [-0.05, 0) is 30.9 Å². The third-order valence-electron chi connectivity index (χ3n) is 4.17. The molecule has 1 aliphatic rings. The Kier molecular flexibility index (Phi) is 3.28. The van der Waals surface area contributed by atoms with E-state index in [0.717, 1.165) is 30.3 Å². The molecule has 1 saturated carbocycles. The van der Waals surface area contributed by atoms with Crippen LogP contribution < -0.4 is 5.73 Å². The number of aromatic nitrogens is 2. The first kappa shape index (κ1) is 12.3. The van der Waals surface area contributed by atoms with Crippen molar-refractivity contribution in [1.82, 2.24) is 9.78 Å². The lowest BCUT2D eigenvalue weighted by Gasteiger charge is -2.24. The molecule has 1 aromatic carbocycles. The molecule has 3 rings (SSSR count). The lowest BCUT2D eigenvalue weighted by Crippen LogP contribution is -2.15. The van der Waals surface area contributed by atoms with Gasteiger partial charge < -0.3 is 5.73 Å². The van der Waals surface area contributed by atoms with Gasteiger partial charge in [0.2, 0.25) is 0 Å². The number of nitrogens with two attached hydrogens (primary N) is 1. The molecular weight excluding hydrogens is 234 g/mol. The highest BCUT2D eigenvalue weighted by Crippen LogP contribution is 2.32. The van der Waals surface area contributed by atoms with Gasteiger partial charge in [0, 0.05) is 5.56 Å². The van der Waals surface area contributed by atoms with Crippen LogP contribution in [0.25, 0.3) is 5.69 Å². The van der Waals surface area contributed by atoms with Crippen molar-refractivity contribution in [3.63, 3.8) is 0 Å². The van der Waals surface area contributed by atoms with E-state index in [1.54, 1.807) is 0 Å². The number of para-hydroxylation sites is 1. The highest BCUT2D eigenvalue weighted by molar-refractivity contribution is 5.50. The second-order valence-electron chi connectivity index (χ2n) is 5.41. The van der Waals surface area contributed by atoms with Crippen LogP contribution in [-0.4, -0.2) is 9.78 Å². The quantitative estimate of drug-likeness (QED) is 0.910. The Hall–Kier alpha value is -1.77. The van der Waals surface area contributed by atoms with Crippen LogP contribution in [0.2, 0.25) is 0 Å². The molecule has 0 saturated heterocycles. The first-order chi connectivity index (χ1) is 9.29. The SMILES string of the molecule is CCc1c(CC2CCC2)nn(-c2ccccc2)c1N. The van der Waals surface area contributed by atoms with Crippen LogP contribution in [0.3, 0.4) is 0 Å². The monoisotopic (exact) mass is 255 g/mol. The Morgan fingerprint density at radius 2 is 2.00 bits per heavy atom. The zero-order valence-corrected chi connectivity index (χ0v) is 11.5. The third kappa shape index (κ3) is 2.25. The predicted molar refractivity (Wildman–Crippen MR) is 78.4 cm³/mol. The van der Waals surface area contributed by atoms with Crippen LogP contribution in [0.1, 0.15) is 37.4 Å². The molecule has 1 fully saturated rings. The van der Waals surface area contributed by atoms with Crippen molar-refractivity contribution < 1.29 is 0 Å².